The summed E-state index contributed by atoms with van der Waals surface area (Å²) in [5, 5.41) is 5.81. The lowest BCUT2D eigenvalue weighted by Gasteiger charge is -2.34. The predicted octanol–water partition coefficient (Wildman–Crippen LogP) is 3.41. The molecule has 4 rings (SSSR count). The molecule has 0 saturated carbocycles. The number of esters is 1. The summed E-state index contributed by atoms with van der Waals surface area (Å²) in [7, 11) is 1.33. The molecular formula is C22H22ClN5O3S. The smallest absolute Gasteiger partial charge is 0.341 e. The third kappa shape index (κ3) is 5.07. The standard InChI is InChI=1S/C22H22ClN5O3S/c1-31-21(30)19-17(15-3-5-16(23)6-4-15)14-32-20(19)26-18(29)13-27-9-11-28(12-10-27)22-24-7-2-8-25-22/h2-8,14H,9-13H2,1H3,(H,26,29). The van der Waals surface area contributed by atoms with Gasteiger partial charge in [0.25, 0.3) is 0 Å². The summed E-state index contributed by atoms with van der Waals surface area (Å²) in [6.45, 7) is 3.15. The summed E-state index contributed by atoms with van der Waals surface area (Å²) < 4.78 is 4.97. The van der Waals surface area contributed by atoms with Crippen LogP contribution in [-0.2, 0) is 9.53 Å². The number of anilines is 2. The molecule has 0 aliphatic carbocycles. The van der Waals surface area contributed by atoms with Crippen molar-refractivity contribution in [2.75, 3.05) is 50.1 Å². The van der Waals surface area contributed by atoms with Gasteiger partial charge in [0.2, 0.25) is 11.9 Å². The van der Waals surface area contributed by atoms with Crippen molar-refractivity contribution in [2.24, 2.45) is 0 Å². The van der Waals surface area contributed by atoms with Crippen molar-refractivity contribution in [1.82, 2.24) is 14.9 Å². The highest BCUT2D eigenvalue weighted by molar-refractivity contribution is 7.15. The molecule has 0 atom stereocenters. The number of nitrogens with zero attached hydrogens (tertiary/aromatic N) is 4. The fraction of sp³-hybridized carbons (Fsp3) is 0.273. The normalized spacial score (nSPS) is 14.2. The molecule has 0 unspecified atom stereocenters. The van der Waals surface area contributed by atoms with Gasteiger partial charge in [-0.2, -0.15) is 0 Å². The molecule has 1 aliphatic rings. The van der Waals surface area contributed by atoms with Crippen molar-refractivity contribution in [2.45, 2.75) is 0 Å². The second kappa shape index (κ2) is 10.1. The first-order valence-corrected chi connectivity index (χ1v) is 11.3. The number of ether oxygens (including phenoxy) is 1. The fourth-order valence-corrected chi connectivity index (χ4v) is 4.63. The van der Waals surface area contributed by atoms with E-state index in [0.29, 0.717) is 27.1 Å². The maximum absolute atomic E-state index is 12.7. The SMILES string of the molecule is COC(=O)c1c(-c2ccc(Cl)cc2)csc1NC(=O)CN1CCN(c2ncccn2)CC1. The molecule has 3 heterocycles. The van der Waals surface area contributed by atoms with E-state index in [1.54, 1.807) is 30.6 Å². The van der Waals surface area contributed by atoms with E-state index in [0.717, 1.165) is 31.7 Å². The highest BCUT2D eigenvalue weighted by atomic mass is 35.5. The monoisotopic (exact) mass is 471 g/mol. The molecule has 1 amide bonds. The Kier molecular flexibility index (Phi) is 6.99. The second-order valence-corrected chi connectivity index (χ2v) is 8.53. The zero-order chi connectivity index (χ0) is 22.5. The van der Waals surface area contributed by atoms with Gasteiger partial charge in [-0.1, -0.05) is 23.7 Å². The van der Waals surface area contributed by atoms with Crippen LogP contribution in [0.3, 0.4) is 0 Å². The number of hydrogen-bond acceptors (Lipinski definition) is 8. The number of carbonyl (C=O) groups excluding carboxylic acids is 2. The molecule has 8 nitrogen and oxygen atoms in total. The molecule has 0 bridgehead atoms. The highest BCUT2D eigenvalue weighted by Crippen LogP contribution is 2.36. The van der Waals surface area contributed by atoms with Crippen LogP contribution in [0.5, 0.6) is 0 Å². The van der Waals surface area contributed by atoms with Crippen LogP contribution in [-0.4, -0.2) is 66.6 Å². The first-order valence-electron chi connectivity index (χ1n) is 10.0. The van der Waals surface area contributed by atoms with Crippen molar-refractivity contribution < 1.29 is 14.3 Å². The summed E-state index contributed by atoms with van der Waals surface area (Å²) in [6, 6.07) is 8.97. The summed E-state index contributed by atoms with van der Waals surface area (Å²) in [5.74, 6) is 0.0275. The Hall–Kier alpha value is -3.01. The average Bonchev–Trinajstić information content (AvgIpc) is 3.23. The van der Waals surface area contributed by atoms with Gasteiger partial charge in [-0.3, -0.25) is 9.69 Å². The van der Waals surface area contributed by atoms with Crippen molar-refractivity contribution in [1.29, 1.82) is 0 Å². The molecule has 1 aliphatic heterocycles. The van der Waals surface area contributed by atoms with Crippen molar-refractivity contribution in [3.05, 3.63) is 58.7 Å². The molecule has 10 heteroatoms. The van der Waals surface area contributed by atoms with Crippen LogP contribution >= 0.6 is 22.9 Å². The third-order valence-electron chi connectivity index (χ3n) is 5.16. The topological polar surface area (TPSA) is 87.7 Å². The molecule has 0 radical (unpaired) electrons. The molecule has 3 aromatic rings. The molecule has 1 fully saturated rings. The second-order valence-electron chi connectivity index (χ2n) is 7.21. The molecule has 1 aromatic carbocycles. The summed E-state index contributed by atoms with van der Waals surface area (Å²) >= 11 is 7.28. The van der Waals surface area contributed by atoms with E-state index >= 15 is 0 Å². The zero-order valence-electron chi connectivity index (χ0n) is 17.5. The van der Waals surface area contributed by atoms with Gasteiger partial charge in [0.1, 0.15) is 10.6 Å². The first-order chi connectivity index (χ1) is 15.5. The summed E-state index contributed by atoms with van der Waals surface area (Å²) in [5.41, 5.74) is 1.87. The van der Waals surface area contributed by atoms with Gasteiger partial charge < -0.3 is 15.0 Å². The van der Waals surface area contributed by atoms with E-state index in [4.69, 9.17) is 16.3 Å². The lowest BCUT2D eigenvalue weighted by molar-refractivity contribution is -0.117. The number of hydrogen-bond donors (Lipinski definition) is 1. The highest BCUT2D eigenvalue weighted by Gasteiger charge is 2.24. The Labute approximate surface area is 194 Å². The Bertz CT molecular complexity index is 1080. The number of methoxy groups -OCH3 is 1. The van der Waals surface area contributed by atoms with Gasteiger partial charge in [0, 0.05) is 54.5 Å². The number of rotatable bonds is 6. The van der Waals surface area contributed by atoms with Gasteiger partial charge in [-0.05, 0) is 23.8 Å². The first kappa shape index (κ1) is 22.2. The number of nitrogens with one attached hydrogen (secondary N) is 1. The minimum atomic E-state index is -0.497. The number of piperazine rings is 1. The molecule has 1 N–H and O–H groups in total. The molecule has 32 heavy (non-hydrogen) atoms. The van der Waals surface area contributed by atoms with E-state index in [2.05, 4.69) is 25.1 Å². The van der Waals surface area contributed by atoms with Crippen LogP contribution in [0, 0.1) is 0 Å². The average molecular weight is 472 g/mol. The minimum Gasteiger partial charge on any atom is -0.465 e. The van der Waals surface area contributed by atoms with Gasteiger partial charge in [0.15, 0.2) is 0 Å². The number of aromatic nitrogens is 2. The molecule has 0 spiro atoms. The number of amides is 1. The lowest BCUT2D eigenvalue weighted by Crippen LogP contribution is -2.49. The van der Waals surface area contributed by atoms with E-state index in [1.165, 1.54) is 18.4 Å². The number of halogens is 1. The van der Waals surface area contributed by atoms with E-state index in [-0.39, 0.29) is 12.5 Å². The maximum Gasteiger partial charge on any atom is 0.341 e. The van der Waals surface area contributed by atoms with Crippen molar-refractivity contribution in [3.8, 4) is 11.1 Å². The van der Waals surface area contributed by atoms with Crippen LogP contribution in [0.15, 0.2) is 48.1 Å². The fourth-order valence-electron chi connectivity index (χ4n) is 3.53. The molecule has 1 saturated heterocycles. The van der Waals surface area contributed by atoms with Crippen LogP contribution in [0.2, 0.25) is 5.02 Å². The van der Waals surface area contributed by atoms with Crippen LogP contribution in [0.25, 0.3) is 11.1 Å². The van der Waals surface area contributed by atoms with Crippen molar-refractivity contribution >= 4 is 45.8 Å². The van der Waals surface area contributed by atoms with Crippen LogP contribution < -0.4 is 10.2 Å². The zero-order valence-corrected chi connectivity index (χ0v) is 19.0. The quantitative estimate of drug-likeness (QED) is 0.551. The molecule has 2 aromatic heterocycles. The Morgan fingerprint density at radius 1 is 1.12 bits per heavy atom. The number of carbonyl (C=O) groups is 2. The van der Waals surface area contributed by atoms with E-state index < -0.39 is 5.97 Å². The third-order valence-corrected chi connectivity index (χ3v) is 6.31. The number of thiophene rings is 1. The lowest BCUT2D eigenvalue weighted by atomic mass is 10.0. The summed E-state index contributed by atoms with van der Waals surface area (Å²) in [6.07, 6.45) is 3.45. The number of benzene rings is 1. The van der Waals surface area contributed by atoms with Gasteiger partial charge in [0.05, 0.1) is 13.7 Å². The van der Waals surface area contributed by atoms with Gasteiger partial charge >= 0.3 is 5.97 Å². The molecule has 166 valence electrons. The minimum absolute atomic E-state index is 0.177. The Balaban J connectivity index is 1.41. The van der Waals surface area contributed by atoms with Crippen molar-refractivity contribution in [3.63, 3.8) is 0 Å². The van der Waals surface area contributed by atoms with Crippen LogP contribution in [0.1, 0.15) is 10.4 Å². The Morgan fingerprint density at radius 3 is 2.47 bits per heavy atom. The maximum atomic E-state index is 12.7. The van der Waals surface area contributed by atoms with E-state index in [9.17, 15) is 9.59 Å². The Morgan fingerprint density at radius 2 is 1.81 bits per heavy atom. The predicted molar refractivity (Wildman–Crippen MR) is 125 cm³/mol. The molecular weight excluding hydrogens is 450 g/mol. The van der Waals surface area contributed by atoms with Gasteiger partial charge in [-0.25, -0.2) is 14.8 Å². The van der Waals surface area contributed by atoms with Crippen LogP contribution in [0.4, 0.5) is 10.9 Å². The largest absolute Gasteiger partial charge is 0.465 e. The summed E-state index contributed by atoms with van der Waals surface area (Å²) in [4.78, 5) is 37.9. The van der Waals surface area contributed by atoms with E-state index in [1.807, 2.05) is 17.5 Å². The van der Waals surface area contributed by atoms with Gasteiger partial charge in [-0.15, -0.1) is 11.3 Å².